The first kappa shape index (κ1) is 16.5. The SMILES string of the molecule is CC(=O)[C@H](C[C@H]1CCCCO1)NC(=O)OCc1ccccc1. The number of carbonyl (C=O) groups is 2. The third-order valence-electron chi connectivity index (χ3n) is 3.77. The fourth-order valence-electron chi connectivity index (χ4n) is 2.49. The Morgan fingerprint density at radius 1 is 1.32 bits per heavy atom. The molecule has 1 aliphatic heterocycles. The molecule has 1 amide bonds. The number of benzene rings is 1. The normalized spacial score (nSPS) is 19.2. The standard InChI is InChI=1S/C17H23NO4/c1-13(19)16(11-15-9-5-6-10-21-15)18-17(20)22-12-14-7-3-2-4-8-14/h2-4,7-8,15-16H,5-6,9-12H2,1H3,(H,18,20)/t15-,16+/m1/s1. The number of carbonyl (C=O) groups excluding carboxylic acids is 2. The molecule has 0 bridgehead atoms. The second-order valence-electron chi connectivity index (χ2n) is 5.59. The van der Waals surface area contributed by atoms with E-state index in [2.05, 4.69) is 5.32 Å². The average molecular weight is 305 g/mol. The predicted molar refractivity (Wildman–Crippen MR) is 82.4 cm³/mol. The summed E-state index contributed by atoms with van der Waals surface area (Å²) in [6, 6.07) is 8.88. The highest BCUT2D eigenvalue weighted by atomic mass is 16.5. The minimum absolute atomic E-state index is 0.0390. The van der Waals surface area contributed by atoms with Crippen LogP contribution < -0.4 is 5.32 Å². The van der Waals surface area contributed by atoms with Crippen LogP contribution in [0.25, 0.3) is 0 Å². The van der Waals surface area contributed by atoms with Crippen LogP contribution in [0.15, 0.2) is 30.3 Å². The lowest BCUT2D eigenvalue weighted by Gasteiger charge is -2.26. The maximum atomic E-state index is 11.8. The molecule has 1 fully saturated rings. The van der Waals surface area contributed by atoms with Gasteiger partial charge in [-0.2, -0.15) is 0 Å². The summed E-state index contributed by atoms with van der Waals surface area (Å²) in [6.07, 6.45) is 3.08. The van der Waals surface area contributed by atoms with Gasteiger partial charge in [-0.3, -0.25) is 4.79 Å². The Labute approximate surface area is 131 Å². The van der Waals surface area contributed by atoms with Gasteiger partial charge in [-0.05, 0) is 31.7 Å². The van der Waals surface area contributed by atoms with E-state index in [0.717, 1.165) is 31.4 Å². The molecule has 1 aromatic rings. The molecule has 1 heterocycles. The highest BCUT2D eigenvalue weighted by Crippen LogP contribution is 2.17. The van der Waals surface area contributed by atoms with Crippen molar-refractivity contribution in [2.45, 2.75) is 51.4 Å². The molecule has 22 heavy (non-hydrogen) atoms. The van der Waals surface area contributed by atoms with Crippen molar-refractivity contribution >= 4 is 11.9 Å². The van der Waals surface area contributed by atoms with Crippen LogP contribution in [0.3, 0.4) is 0 Å². The lowest BCUT2D eigenvalue weighted by atomic mass is 10.00. The van der Waals surface area contributed by atoms with Crippen molar-refractivity contribution < 1.29 is 19.1 Å². The summed E-state index contributed by atoms with van der Waals surface area (Å²) in [6.45, 7) is 2.40. The molecule has 1 saturated heterocycles. The molecule has 1 aromatic carbocycles. The van der Waals surface area contributed by atoms with Crippen molar-refractivity contribution in [1.82, 2.24) is 5.32 Å². The predicted octanol–water partition coefficient (Wildman–Crippen LogP) is 2.83. The van der Waals surface area contributed by atoms with Crippen LogP contribution in [0, 0.1) is 0 Å². The van der Waals surface area contributed by atoms with E-state index >= 15 is 0 Å². The summed E-state index contributed by atoms with van der Waals surface area (Å²) in [5.74, 6) is -0.0779. The topological polar surface area (TPSA) is 64.6 Å². The van der Waals surface area contributed by atoms with Gasteiger partial charge in [0.2, 0.25) is 0 Å². The minimum Gasteiger partial charge on any atom is -0.445 e. The van der Waals surface area contributed by atoms with Crippen molar-refractivity contribution in [1.29, 1.82) is 0 Å². The summed E-state index contributed by atoms with van der Waals surface area (Å²) in [5, 5.41) is 2.64. The van der Waals surface area contributed by atoms with Crippen LogP contribution in [-0.2, 0) is 20.9 Å². The number of nitrogens with one attached hydrogen (secondary N) is 1. The fraction of sp³-hybridized carbons (Fsp3) is 0.529. The maximum absolute atomic E-state index is 11.8. The maximum Gasteiger partial charge on any atom is 0.408 e. The first-order valence-electron chi connectivity index (χ1n) is 7.74. The Morgan fingerprint density at radius 2 is 2.09 bits per heavy atom. The van der Waals surface area contributed by atoms with Gasteiger partial charge >= 0.3 is 6.09 Å². The summed E-state index contributed by atoms with van der Waals surface area (Å²) in [4.78, 5) is 23.5. The van der Waals surface area contributed by atoms with E-state index in [0.29, 0.717) is 6.42 Å². The lowest BCUT2D eigenvalue weighted by Crippen LogP contribution is -2.43. The Balaban J connectivity index is 1.79. The van der Waals surface area contributed by atoms with Crippen LogP contribution in [0.4, 0.5) is 4.79 Å². The number of ether oxygens (including phenoxy) is 2. The van der Waals surface area contributed by atoms with Crippen LogP contribution in [0.5, 0.6) is 0 Å². The fourth-order valence-corrected chi connectivity index (χ4v) is 2.49. The number of amides is 1. The number of ketones is 1. The smallest absolute Gasteiger partial charge is 0.408 e. The van der Waals surface area contributed by atoms with Crippen LogP contribution in [-0.4, -0.2) is 30.6 Å². The number of hydrogen-bond donors (Lipinski definition) is 1. The van der Waals surface area contributed by atoms with Gasteiger partial charge in [0.25, 0.3) is 0 Å². The van der Waals surface area contributed by atoms with Crippen molar-refractivity contribution in [2.24, 2.45) is 0 Å². The summed E-state index contributed by atoms with van der Waals surface area (Å²) in [5.41, 5.74) is 0.910. The van der Waals surface area contributed by atoms with Gasteiger partial charge in [0, 0.05) is 13.0 Å². The van der Waals surface area contributed by atoms with E-state index in [1.54, 1.807) is 0 Å². The van der Waals surface area contributed by atoms with Crippen molar-refractivity contribution in [2.75, 3.05) is 6.61 Å². The van der Waals surface area contributed by atoms with E-state index in [9.17, 15) is 9.59 Å². The van der Waals surface area contributed by atoms with Gasteiger partial charge in [0.15, 0.2) is 5.78 Å². The zero-order chi connectivity index (χ0) is 15.8. The van der Waals surface area contributed by atoms with Crippen LogP contribution in [0.1, 0.15) is 38.2 Å². The number of hydrogen-bond acceptors (Lipinski definition) is 4. The summed E-state index contributed by atoms with van der Waals surface area (Å²) < 4.78 is 10.8. The molecular formula is C17H23NO4. The van der Waals surface area contributed by atoms with E-state index in [4.69, 9.17) is 9.47 Å². The minimum atomic E-state index is -0.570. The molecular weight excluding hydrogens is 282 g/mol. The zero-order valence-electron chi connectivity index (χ0n) is 12.9. The number of rotatable bonds is 6. The van der Waals surface area contributed by atoms with Gasteiger partial charge in [0.1, 0.15) is 6.61 Å². The first-order valence-corrected chi connectivity index (χ1v) is 7.74. The van der Waals surface area contributed by atoms with Crippen LogP contribution >= 0.6 is 0 Å². The molecule has 1 aliphatic rings. The molecule has 0 aliphatic carbocycles. The van der Waals surface area contributed by atoms with E-state index in [1.165, 1.54) is 6.92 Å². The van der Waals surface area contributed by atoms with Gasteiger partial charge in [-0.1, -0.05) is 30.3 Å². The third kappa shape index (κ3) is 5.48. The summed E-state index contributed by atoms with van der Waals surface area (Å²) >= 11 is 0. The molecule has 2 atom stereocenters. The lowest BCUT2D eigenvalue weighted by molar-refractivity contribution is -0.120. The van der Waals surface area contributed by atoms with Crippen molar-refractivity contribution in [3.8, 4) is 0 Å². The Kier molecular flexibility index (Phi) is 6.40. The largest absolute Gasteiger partial charge is 0.445 e. The van der Waals surface area contributed by atoms with Crippen molar-refractivity contribution in [3.63, 3.8) is 0 Å². The molecule has 0 saturated carbocycles. The molecule has 0 unspecified atom stereocenters. The monoisotopic (exact) mass is 305 g/mol. The molecule has 1 N–H and O–H groups in total. The van der Waals surface area contributed by atoms with E-state index < -0.39 is 12.1 Å². The second-order valence-corrected chi connectivity index (χ2v) is 5.59. The Morgan fingerprint density at radius 3 is 2.73 bits per heavy atom. The second kappa shape index (κ2) is 8.54. The van der Waals surface area contributed by atoms with E-state index in [1.807, 2.05) is 30.3 Å². The molecule has 2 rings (SSSR count). The third-order valence-corrected chi connectivity index (χ3v) is 3.77. The van der Waals surface area contributed by atoms with E-state index in [-0.39, 0.29) is 18.5 Å². The highest BCUT2D eigenvalue weighted by molar-refractivity contribution is 5.85. The average Bonchev–Trinajstić information content (AvgIpc) is 2.54. The molecule has 5 heteroatoms. The molecule has 0 radical (unpaired) electrons. The number of Topliss-reactive ketones (excluding diaryl/α,β-unsaturated/α-hetero) is 1. The van der Waals surface area contributed by atoms with Crippen LogP contribution in [0.2, 0.25) is 0 Å². The van der Waals surface area contributed by atoms with Gasteiger partial charge in [0.05, 0.1) is 12.1 Å². The first-order chi connectivity index (χ1) is 10.6. The molecule has 120 valence electrons. The molecule has 0 aromatic heterocycles. The van der Waals surface area contributed by atoms with Gasteiger partial charge < -0.3 is 14.8 Å². The molecule has 0 spiro atoms. The quantitative estimate of drug-likeness (QED) is 0.877. The summed E-state index contributed by atoms with van der Waals surface area (Å²) in [7, 11) is 0. The molecule has 5 nitrogen and oxygen atoms in total. The van der Waals surface area contributed by atoms with Crippen molar-refractivity contribution in [3.05, 3.63) is 35.9 Å². The number of alkyl carbamates (subject to hydrolysis) is 1. The highest BCUT2D eigenvalue weighted by Gasteiger charge is 2.24. The Bertz CT molecular complexity index is 483. The van der Waals surface area contributed by atoms with Gasteiger partial charge in [-0.25, -0.2) is 4.79 Å². The Hall–Kier alpha value is -1.88. The zero-order valence-corrected chi connectivity index (χ0v) is 12.9. The van der Waals surface area contributed by atoms with Gasteiger partial charge in [-0.15, -0.1) is 0 Å².